The van der Waals surface area contributed by atoms with E-state index in [0.29, 0.717) is 68.1 Å². The molecule has 8 aromatic carbocycles. The number of fused-ring (bicyclic) bond motifs is 5. The highest BCUT2D eigenvalue weighted by molar-refractivity contribution is 7.99. The van der Waals surface area contributed by atoms with Crippen molar-refractivity contribution in [1.29, 1.82) is 0 Å². The van der Waals surface area contributed by atoms with Crippen LogP contribution >= 0.6 is 35.3 Å². The van der Waals surface area contributed by atoms with Gasteiger partial charge in [-0.05, 0) is 162 Å². The molecule has 3 amide bonds. The molecule has 22 nitrogen and oxygen atoms in total. The fraction of sp³-hybridized carbons (Fsp3) is 0.0800. The maximum Gasteiger partial charge on any atom is 0.264 e. The lowest BCUT2D eigenvalue weighted by Gasteiger charge is -2.10. The van der Waals surface area contributed by atoms with E-state index >= 15 is 0 Å². The maximum atomic E-state index is 12.9. The minimum atomic E-state index is -3.88. The van der Waals surface area contributed by atoms with E-state index in [4.69, 9.17) is 4.74 Å². The number of aryl methyl sites for hydroxylation is 2. The Balaban J connectivity index is 0.000000135. The Labute approximate surface area is 592 Å². The van der Waals surface area contributed by atoms with Crippen LogP contribution in [0.2, 0.25) is 0 Å². The van der Waals surface area contributed by atoms with E-state index in [1.807, 2.05) is 115 Å². The Morgan fingerprint density at radius 3 is 1.59 bits per heavy atom. The van der Waals surface area contributed by atoms with Gasteiger partial charge in [0.2, 0.25) is 5.95 Å². The summed E-state index contributed by atoms with van der Waals surface area (Å²) in [5, 5.41) is 26.9. The van der Waals surface area contributed by atoms with Crippen molar-refractivity contribution < 1.29 is 27.5 Å². The smallest absolute Gasteiger partial charge is 0.264 e. The first kappa shape index (κ1) is 67.6. The average Bonchev–Trinajstić information content (AvgIpc) is 1.66. The summed E-state index contributed by atoms with van der Waals surface area (Å²) in [7, 11) is -3.88. The van der Waals surface area contributed by atoms with E-state index in [0.717, 1.165) is 66.0 Å². The standard InChI is InChI=1S/C26H19N5OS.C25H19N5O2S.C24H22N6O3S2/c32-25(30-20-8-9-22-19(12-20)11-17-5-1-2-7-21(17)22)18-6-3-4-16(10-18)14-33-26-23-13-29-31-24(23)27-15-28-26;31-24(29-19-8-5-11-21(13-19)32-20-9-2-1-3-10-20)18-7-4-6-17(12-18)15-33-25-22-14-28-30-23(22)26-16-27-25;1-16-12-17(2)28-24(27-16)30-35(32,33)21-8-6-20(7-9-21)29-23(31)19-5-3-4-18(13-19)15-34-22-14-25-10-11-26-22/h1-10,12-13,15H,11,14H2,(H,30,32)(H,27,28,29,31);1-14,16H,15H2,(H,29,31)(H,26,27,28,30);3-14H,15H2,1-2H3,(H,29,31)(H,27,28,30). The summed E-state index contributed by atoms with van der Waals surface area (Å²) in [6.07, 6.45) is 12.3. The number of hydrogen-bond donors (Lipinski definition) is 6. The van der Waals surface area contributed by atoms with Crippen LogP contribution in [0, 0.1) is 13.8 Å². The van der Waals surface area contributed by atoms with Gasteiger partial charge in [0.25, 0.3) is 27.7 Å². The van der Waals surface area contributed by atoms with Crippen molar-refractivity contribution in [3.8, 4) is 22.6 Å². The summed E-state index contributed by atoms with van der Waals surface area (Å²) >= 11 is 4.70. The Morgan fingerprint density at radius 2 is 1.00 bits per heavy atom. The molecular formula is C75H60N16O6S4. The second-order valence-electron chi connectivity index (χ2n) is 22.7. The van der Waals surface area contributed by atoms with E-state index in [-0.39, 0.29) is 28.6 Å². The van der Waals surface area contributed by atoms with Crippen molar-refractivity contribution in [1.82, 2.24) is 60.3 Å². The van der Waals surface area contributed by atoms with Crippen LogP contribution in [0.25, 0.3) is 33.2 Å². The van der Waals surface area contributed by atoms with Crippen molar-refractivity contribution in [2.24, 2.45) is 0 Å². The van der Waals surface area contributed by atoms with Gasteiger partial charge in [-0.15, -0.1) is 35.3 Å². The molecule has 0 saturated heterocycles. The molecule has 6 heterocycles. The van der Waals surface area contributed by atoms with Crippen LogP contribution in [-0.2, 0) is 33.7 Å². The Kier molecular flexibility index (Phi) is 21.2. The summed E-state index contributed by atoms with van der Waals surface area (Å²) in [6, 6.07) is 61.7. The number of hydrogen-bond acceptors (Lipinski definition) is 19. The second-order valence-corrected chi connectivity index (χ2v) is 27.4. The number of nitrogens with zero attached hydrogens (tertiary/aromatic N) is 10. The molecule has 0 bridgehead atoms. The van der Waals surface area contributed by atoms with E-state index < -0.39 is 10.0 Å². The van der Waals surface area contributed by atoms with Crippen LogP contribution in [-0.4, -0.2) is 86.4 Å². The van der Waals surface area contributed by atoms with Crippen molar-refractivity contribution >= 4 is 108 Å². The molecule has 26 heteroatoms. The van der Waals surface area contributed by atoms with Crippen LogP contribution in [0.3, 0.4) is 0 Å². The minimum Gasteiger partial charge on any atom is -0.457 e. The van der Waals surface area contributed by atoms with E-state index in [1.54, 1.807) is 92.6 Å². The molecule has 0 fully saturated rings. The second kappa shape index (κ2) is 31.7. The van der Waals surface area contributed by atoms with Gasteiger partial charge in [0.15, 0.2) is 11.3 Å². The number of nitrogens with one attached hydrogen (secondary N) is 6. The number of aromatic amines is 2. The fourth-order valence-corrected chi connectivity index (χ4v) is 14.2. The van der Waals surface area contributed by atoms with Gasteiger partial charge in [-0.1, -0.05) is 91.0 Å². The molecular weight excluding hydrogens is 1350 g/mol. The van der Waals surface area contributed by atoms with Crippen LogP contribution in [0.5, 0.6) is 11.5 Å². The number of amides is 3. The number of sulfonamides is 1. The summed E-state index contributed by atoms with van der Waals surface area (Å²) in [5.41, 5.74) is 14.5. The molecule has 14 aromatic rings. The normalized spacial score (nSPS) is 11.3. The van der Waals surface area contributed by atoms with Crippen molar-refractivity contribution in [3.05, 3.63) is 300 Å². The number of para-hydroxylation sites is 1. The Bertz CT molecular complexity index is 5400. The van der Waals surface area contributed by atoms with Crippen LogP contribution in [0.4, 0.5) is 23.0 Å². The van der Waals surface area contributed by atoms with Crippen molar-refractivity contribution in [3.63, 3.8) is 0 Å². The Morgan fingerprint density at radius 1 is 0.475 bits per heavy atom. The number of aromatic nitrogens is 12. The molecule has 6 aromatic heterocycles. The highest BCUT2D eigenvalue weighted by Gasteiger charge is 2.21. The van der Waals surface area contributed by atoms with E-state index in [1.165, 1.54) is 70.9 Å². The first-order valence-electron chi connectivity index (χ1n) is 31.4. The number of ether oxygens (including phenoxy) is 1. The molecule has 0 saturated carbocycles. The number of anilines is 4. The average molecular weight is 1410 g/mol. The van der Waals surface area contributed by atoms with Crippen molar-refractivity contribution in [2.75, 3.05) is 20.7 Å². The van der Waals surface area contributed by atoms with Gasteiger partial charge in [0, 0.05) is 80.9 Å². The van der Waals surface area contributed by atoms with Crippen molar-refractivity contribution in [2.45, 2.75) is 57.5 Å². The number of carbonyl (C=O) groups is 3. The molecule has 15 rings (SSSR count). The third kappa shape index (κ3) is 17.7. The molecule has 101 heavy (non-hydrogen) atoms. The molecule has 0 spiro atoms. The molecule has 1 aliphatic carbocycles. The lowest BCUT2D eigenvalue weighted by molar-refractivity contribution is 0.101. The van der Waals surface area contributed by atoms with Crippen LogP contribution in [0.15, 0.2) is 264 Å². The van der Waals surface area contributed by atoms with Gasteiger partial charge < -0.3 is 20.7 Å². The molecule has 6 N–H and O–H groups in total. The quantitative estimate of drug-likeness (QED) is 0.0305. The highest BCUT2D eigenvalue weighted by Crippen LogP contribution is 2.38. The number of benzene rings is 8. The van der Waals surface area contributed by atoms with Gasteiger partial charge in [-0.2, -0.15) is 10.2 Å². The minimum absolute atomic E-state index is 0.0113. The van der Waals surface area contributed by atoms with Crippen LogP contribution in [0.1, 0.15) is 70.3 Å². The number of thioether (sulfide) groups is 3. The summed E-state index contributed by atoms with van der Waals surface area (Å²) in [4.78, 5) is 72.1. The fourth-order valence-electron chi connectivity index (χ4n) is 10.7. The maximum absolute atomic E-state index is 12.9. The predicted molar refractivity (Wildman–Crippen MR) is 394 cm³/mol. The van der Waals surface area contributed by atoms with E-state index in [2.05, 4.69) is 117 Å². The molecule has 0 atom stereocenters. The summed E-state index contributed by atoms with van der Waals surface area (Å²) in [6.45, 7) is 3.52. The summed E-state index contributed by atoms with van der Waals surface area (Å²) < 4.78 is 33.6. The molecule has 500 valence electrons. The zero-order valence-corrected chi connectivity index (χ0v) is 57.2. The topological polar surface area (TPSA) is 303 Å². The van der Waals surface area contributed by atoms with Gasteiger partial charge in [0.1, 0.15) is 39.2 Å². The molecule has 0 radical (unpaired) electrons. The first-order valence-corrected chi connectivity index (χ1v) is 35.8. The third-order valence-electron chi connectivity index (χ3n) is 15.4. The molecule has 0 unspecified atom stereocenters. The van der Waals surface area contributed by atoms with E-state index in [9.17, 15) is 22.8 Å². The SMILES string of the molecule is Cc1cc(C)nc(NS(=O)(=O)c2ccc(NC(=O)c3cccc(CSc4cnccn4)c3)cc2)n1.O=C(Nc1ccc2c(c1)Cc1ccccc1-2)c1cccc(CSc2ncnc3[nH]ncc23)c1.O=C(Nc1cccc(Oc2ccccc2)c1)c1cccc(CSc2ncnc3[nH]ncc23)c1. The number of rotatable bonds is 20. The van der Waals surface area contributed by atoms with Crippen LogP contribution < -0.4 is 25.4 Å². The summed E-state index contributed by atoms with van der Waals surface area (Å²) in [5.74, 6) is 2.81. The lowest BCUT2D eigenvalue weighted by atomic mass is 10.1. The Hall–Kier alpha value is -12.0. The largest absolute Gasteiger partial charge is 0.457 e. The number of carbonyl (C=O) groups excluding carboxylic acids is 3. The van der Waals surface area contributed by atoms with Gasteiger partial charge in [-0.25, -0.2) is 48.0 Å². The first-order chi connectivity index (χ1) is 49.3. The molecule has 0 aliphatic heterocycles. The van der Waals surface area contributed by atoms with Gasteiger partial charge >= 0.3 is 0 Å². The van der Waals surface area contributed by atoms with Gasteiger partial charge in [0.05, 0.1) is 34.3 Å². The number of H-pyrrole nitrogens is 2. The highest BCUT2D eigenvalue weighted by atomic mass is 32.2. The zero-order chi connectivity index (χ0) is 69.5. The lowest BCUT2D eigenvalue weighted by Crippen LogP contribution is -2.16. The third-order valence-corrected chi connectivity index (χ3v) is 19.9. The monoisotopic (exact) mass is 1410 g/mol. The zero-order valence-electron chi connectivity index (χ0n) is 54.0. The predicted octanol–water partition coefficient (Wildman–Crippen LogP) is 15.4. The van der Waals surface area contributed by atoms with Gasteiger partial charge in [-0.3, -0.25) is 29.6 Å². The molecule has 1 aliphatic rings.